The van der Waals surface area contributed by atoms with E-state index in [0.29, 0.717) is 13.1 Å². The summed E-state index contributed by atoms with van der Waals surface area (Å²) in [5.41, 5.74) is 0.865. The molecular formula is C16H18ClFN4OS. The quantitative estimate of drug-likeness (QED) is 0.870. The smallest absolute Gasteiger partial charge is 0.315 e. The molecule has 1 aromatic carbocycles. The zero-order valence-electron chi connectivity index (χ0n) is 13.2. The number of hydrogen-bond acceptors (Lipinski definition) is 4. The minimum absolute atomic E-state index is 0.0480. The van der Waals surface area contributed by atoms with E-state index in [4.69, 9.17) is 11.6 Å². The summed E-state index contributed by atoms with van der Waals surface area (Å²) >= 11 is 7.40. The van der Waals surface area contributed by atoms with Crippen LogP contribution in [-0.2, 0) is 6.54 Å². The molecule has 1 atom stereocenters. The summed E-state index contributed by atoms with van der Waals surface area (Å²) in [7, 11) is 0. The normalized spacial score (nSPS) is 17.1. The number of benzene rings is 1. The Hall–Kier alpha value is -1.86. The van der Waals surface area contributed by atoms with Crippen molar-refractivity contribution in [3.05, 3.63) is 45.1 Å². The predicted octanol–water partition coefficient (Wildman–Crippen LogP) is 3.32. The minimum atomic E-state index is -0.425. The zero-order valence-corrected chi connectivity index (χ0v) is 14.8. The Morgan fingerprint density at radius 1 is 1.54 bits per heavy atom. The first-order valence-corrected chi connectivity index (χ1v) is 8.86. The maximum atomic E-state index is 13.2. The first-order valence-electron chi connectivity index (χ1n) is 7.67. The molecule has 2 N–H and O–H groups in total. The second-order valence-corrected chi connectivity index (χ2v) is 7.45. The van der Waals surface area contributed by atoms with Crippen molar-refractivity contribution in [2.24, 2.45) is 0 Å². The summed E-state index contributed by atoms with van der Waals surface area (Å²) in [6.45, 7) is 3.87. The maximum Gasteiger partial charge on any atom is 0.315 e. The Morgan fingerprint density at radius 2 is 2.38 bits per heavy atom. The summed E-state index contributed by atoms with van der Waals surface area (Å²) < 4.78 is 13.2. The fraction of sp³-hybridized carbons (Fsp3) is 0.375. The summed E-state index contributed by atoms with van der Waals surface area (Å²) in [6, 6.07) is 4.53. The molecule has 8 heteroatoms. The van der Waals surface area contributed by atoms with E-state index in [9.17, 15) is 9.18 Å². The molecule has 1 aliphatic heterocycles. The van der Waals surface area contributed by atoms with Crippen LogP contribution in [0.1, 0.15) is 16.3 Å². The van der Waals surface area contributed by atoms with Gasteiger partial charge in [-0.15, -0.1) is 11.3 Å². The van der Waals surface area contributed by atoms with Crippen molar-refractivity contribution in [3.63, 3.8) is 0 Å². The standard InChI is InChI=1S/C16H18ClFN4OS/c1-10-7-19-15(24-10)8-20-16(23)21-11-4-5-22(9-11)12-2-3-14(18)13(17)6-12/h2-3,6-7,11H,4-5,8-9H2,1H3,(H2,20,21,23). The number of nitrogens with one attached hydrogen (secondary N) is 2. The van der Waals surface area contributed by atoms with Crippen LogP contribution >= 0.6 is 22.9 Å². The summed E-state index contributed by atoms with van der Waals surface area (Å²) in [4.78, 5) is 19.4. The van der Waals surface area contributed by atoms with Crippen LogP contribution in [0, 0.1) is 12.7 Å². The molecule has 2 aromatic rings. The van der Waals surface area contributed by atoms with Crippen molar-refractivity contribution < 1.29 is 9.18 Å². The second kappa shape index (κ2) is 7.36. The third-order valence-electron chi connectivity index (χ3n) is 3.86. The molecule has 2 heterocycles. The molecule has 1 fully saturated rings. The molecule has 3 rings (SSSR count). The van der Waals surface area contributed by atoms with Gasteiger partial charge in [0.15, 0.2) is 0 Å². The van der Waals surface area contributed by atoms with E-state index >= 15 is 0 Å². The van der Waals surface area contributed by atoms with Gasteiger partial charge in [0.25, 0.3) is 0 Å². The Labute approximate surface area is 148 Å². The predicted molar refractivity (Wildman–Crippen MR) is 94.3 cm³/mol. The van der Waals surface area contributed by atoms with Gasteiger partial charge in [-0.2, -0.15) is 0 Å². The van der Waals surface area contributed by atoms with Crippen LogP contribution < -0.4 is 15.5 Å². The first-order chi connectivity index (χ1) is 11.5. The van der Waals surface area contributed by atoms with Crippen LogP contribution in [0.5, 0.6) is 0 Å². The van der Waals surface area contributed by atoms with Crippen molar-refractivity contribution in [1.82, 2.24) is 15.6 Å². The van der Waals surface area contributed by atoms with E-state index in [-0.39, 0.29) is 17.1 Å². The van der Waals surface area contributed by atoms with E-state index in [1.807, 2.05) is 6.92 Å². The maximum absolute atomic E-state index is 13.2. The highest BCUT2D eigenvalue weighted by Crippen LogP contribution is 2.25. The van der Waals surface area contributed by atoms with Crippen LogP contribution in [0.15, 0.2) is 24.4 Å². The Balaban J connectivity index is 1.48. The number of halogens is 2. The number of aromatic nitrogens is 1. The highest BCUT2D eigenvalue weighted by atomic mass is 35.5. The van der Waals surface area contributed by atoms with Crippen molar-refractivity contribution in [2.45, 2.75) is 25.9 Å². The molecule has 24 heavy (non-hydrogen) atoms. The number of hydrogen-bond donors (Lipinski definition) is 2. The number of nitrogens with zero attached hydrogens (tertiary/aromatic N) is 2. The highest BCUT2D eigenvalue weighted by Gasteiger charge is 2.24. The number of rotatable bonds is 4. The number of urea groups is 1. The van der Waals surface area contributed by atoms with Gasteiger partial charge in [-0.1, -0.05) is 11.6 Å². The number of aryl methyl sites for hydroxylation is 1. The van der Waals surface area contributed by atoms with E-state index in [1.165, 1.54) is 6.07 Å². The van der Waals surface area contributed by atoms with E-state index in [2.05, 4.69) is 20.5 Å². The van der Waals surface area contributed by atoms with Gasteiger partial charge in [-0.05, 0) is 31.5 Å². The van der Waals surface area contributed by atoms with Crippen LogP contribution in [0.4, 0.5) is 14.9 Å². The molecule has 5 nitrogen and oxygen atoms in total. The summed E-state index contributed by atoms with van der Waals surface area (Å²) in [5.74, 6) is -0.425. The molecular weight excluding hydrogens is 351 g/mol. The molecule has 1 saturated heterocycles. The molecule has 128 valence electrons. The van der Waals surface area contributed by atoms with Gasteiger partial charge < -0.3 is 15.5 Å². The molecule has 1 unspecified atom stereocenters. The van der Waals surface area contributed by atoms with Gasteiger partial charge in [0.2, 0.25) is 0 Å². The number of carbonyl (C=O) groups excluding carboxylic acids is 1. The molecule has 2 amide bonds. The van der Waals surface area contributed by atoms with Crippen LogP contribution in [0.2, 0.25) is 5.02 Å². The first kappa shape index (κ1) is 17.0. The van der Waals surface area contributed by atoms with Crippen molar-refractivity contribution in [1.29, 1.82) is 0 Å². The van der Waals surface area contributed by atoms with Crippen molar-refractivity contribution in [3.8, 4) is 0 Å². The molecule has 0 saturated carbocycles. The van der Waals surface area contributed by atoms with Gasteiger partial charge in [-0.3, -0.25) is 0 Å². The van der Waals surface area contributed by atoms with Gasteiger partial charge in [-0.25, -0.2) is 14.2 Å². The fourth-order valence-corrected chi connectivity index (χ4v) is 3.57. The number of anilines is 1. The molecule has 1 aromatic heterocycles. The minimum Gasteiger partial charge on any atom is -0.369 e. The number of carbonyl (C=O) groups is 1. The Morgan fingerprint density at radius 3 is 3.08 bits per heavy atom. The summed E-state index contributed by atoms with van der Waals surface area (Å²) in [6.07, 6.45) is 2.63. The third-order valence-corrected chi connectivity index (χ3v) is 5.06. The lowest BCUT2D eigenvalue weighted by Crippen LogP contribution is -2.43. The lowest BCUT2D eigenvalue weighted by molar-refractivity contribution is 0.237. The summed E-state index contributed by atoms with van der Waals surface area (Å²) in [5, 5.41) is 6.78. The molecule has 1 aliphatic rings. The van der Waals surface area contributed by atoms with Gasteiger partial charge in [0.05, 0.1) is 11.6 Å². The SMILES string of the molecule is Cc1cnc(CNC(=O)NC2CCN(c3ccc(F)c(Cl)c3)C2)s1. The molecule has 0 radical (unpaired) electrons. The third kappa shape index (κ3) is 4.15. The molecule has 0 spiro atoms. The lowest BCUT2D eigenvalue weighted by atomic mass is 10.2. The van der Waals surface area contributed by atoms with E-state index in [1.54, 1.807) is 29.7 Å². The van der Waals surface area contributed by atoms with E-state index in [0.717, 1.165) is 28.5 Å². The van der Waals surface area contributed by atoms with Crippen LogP contribution in [-0.4, -0.2) is 30.1 Å². The van der Waals surface area contributed by atoms with E-state index < -0.39 is 5.82 Å². The molecule has 0 aliphatic carbocycles. The van der Waals surface area contributed by atoms with Crippen molar-refractivity contribution in [2.75, 3.05) is 18.0 Å². The average Bonchev–Trinajstić information content (AvgIpc) is 3.17. The topological polar surface area (TPSA) is 57.3 Å². The largest absolute Gasteiger partial charge is 0.369 e. The number of amides is 2. The van der Waals surface area contributed by atoms with Crippen LogP contribution in [0.25, 0.3) is 0 Å². The monoisotopic (exact) mass is 368 g/mol. The van der Waals surface area contributed by atoms with Crippen LogP contribution in [0.3, 0.4) is 0 Å². The van der Waals surface area contributed by atoms with Gasteiger partial charge >= 0.3 is 6.03 Å². The average molecular weight is 369 g/mol. The Kier molecular flexibility index (Phi) is 5.20. The fourth-order valence-electron chi connectivity index (χ4n) is 2.67. The van der Waals surface area contributed by atoms with Gasteiger partial charge in [0, 0.05) is 35.9 Å². The second-order valence-electron chi connectivity index (χ2n) is 5.72. The Bertz CT molecular complexity index is 739. The zero-order chi connectivity index (χ0) is 17.1. The highest BCUT2D eigenvalue weighted by molar-refractivity contribution is 7.11. The van der Waals surface area contributed by atoms with Crippen molar-refractivity contribution >= 4 is 34.7 Å². The number of thiazole rings is 1. The van der Waals surface area contributed by atoms with Gasteiger partial charge in [0.1, 0.15) is 10.8 Å². The lowest BCUT2D eigenvalue weighted by Gasteiger charge is -2.19. The molecule has 0 bridgehead atoms.